The summed E-state index contributed by atoms with van der Waals surface area (Å²) in [5, 5.41) is 8.99. The minimum absolute atomic E-state index is 0. The molecule has 0 aliphatic carbocycles. The number of hydrogen-bond acceptors (Lipinski definition) is 4. The lowest BCUT2D eigenvalue weighted by molar-refractivity contribution is -0.316. The number of nitro groups is 1. The first-order chi connectivity index (χ1) is 2.94. The Morgan fingerprint density at radius 3 is 1.62 bits per heavy atom. The first-order valence-electron chi connectivity index (χ1n) is 1.06. The average Bonchev–Trinajstić information content (AvgIpc) is 1.31. The lowest BCUT2D eigenvalue weighted by Gasteiger charge is -1.76. The van der Waals surface area contributed by atoms with Crippen molar-refractivity contribution in [2.45, 2.75) is 0 Å². The van der Waals surface area contributed by atoms with Crippen molar-refractivity contribution < 1.29 is 17.3 Å². The fraction of sp³-hybridized carbons (Fsp3) is 0. The van der Waals surface area contributed by atoms with Crippen molar-refractivity contribution in [1.29, 1.82) is 0 Å². The Morgan fingerprint density at radius 2 is 1.62 bits per heavy atom. The maximum Gasteiger partial charge on any atom is 0.563 e. The van der Waals surface area contributed by atoms with Crippen LogP contribution in [0.3, 0.4) is 0 Å². The zero-order valence-corrected chi connectivity index (χ0v) is 3.75. The molecule has 0 aromatic rings. The van der Waals surface area contributed by atoms with Gasteiger partial charge in [0.2, 0.25) is 0 Å². The highest BCUT2D eigenvalue weighted by Gasteiger charge is 2.16. The van der Waals surface area contributed by atoms with Crippen LogP contribution in [0.15, 0.2) is 0 Å². The molecule has 0 aliphatic heterocycles. The number of rotatable bonds is 1. The molecule has 8 heavy (non-hydrogen) atoms. The van der Waals surface area contributed by atoms with Crippen LogP contribution in [0.1, 0.15) is 0 Å². The highest BCUT2D eigenvalue weighted by molar-refractivity contribution is 7.79. The quantitative estimate of drug-likeness (QED) is 0.206. The molecule has 0 radical (unpaired) electrons. The fourth-order valence-corrected chi connectivity index (χ4v) is 0. The average molecular weight is 153 g/mol. The Balaban J connectivity index is 0. The molecule has 0 fully saturated rings. The van der Waals surface area contributed by atoms with Crippen molar-refractivity contribution >= 4 is 33.4 Å². The first kappa shape index (κ1) is 11.0. The summed E-state index contributed by atoms with van der Waals surface area (Å²) in [4.78, 5) is 8.99. The molecule has 0 bridgehead atoms. The molecule has 1 N–H and O–H groups in total. The van der Waals surface area contributed by atoms with Crippen molar-refractivity contribution in [1.82, 2.24) is 0 Å². The Morgan fingerprint density at radius 1 is 1.50 bits per heavy atom. The van der Waals surface area contributed by atoms with Crippen LogP contribution in [-0.4, -0.2) is 40.4 Å². The third kappa shape index (κ3) is 4.24. The molecule has 46 valence electrons. The Kier molecular flexibility index (Phi) is 4.34. The Hall–Kier alpha value is 0.0762. The van der Waals surface area contributed by atoms with Crippen LogP contribution in [0.5, 0.6) is 0 Å². The summed E-state index contributed by atoms with van der Waals surface area (Å²) < 4.78 is 24.0. The van der Waals surface area contributed by atoms with E-state index in [2.05, 4.69) is 0 Å². The number of nitrogens with zero attached hydrogens (tertiary/aromatic N) is 1. The molecule has 0 aromatic heterocycles. The van der Waals surface area contributed by atoms with Gasteiger partial charge in [0.15, 0.2) is 4.33 Å². The Bertz CT molecular complexity index is 167. The van der Waals surface area contributed by atoms with Crippen molar-refractivity contribution in [3.8, 4) is 0 Å². The molecule has 0 spiro atoms. The molecule has 0 aliphatic rings. The molecule has 0 atom stereocenters. The van der Waals surface area contributed by atoms with Crippen LogP contribution >= 0.6 is 0 Å². The van der Waals surface area contributed by atoms with Gasteiger partial charge in [-0.3, -0.25) is 0 Å². The van der Waals surface area contributed by atoms with Gasteiger partial charge in [-0.15, -0.1) is 8.42 Å². The largest absolute Gasteiger partial charge is 0.563 e. The van der Waals surface area contributed by atoms with Gasteiger partial charge in [0, 0.05) is 0 Å². The van der Waals surface area contributed by atoms with Gasteiger partial charge in [-0.25, -0.2) is 14.7 Å². The van der Waals surface area contributed by atoms with E-state index in [9.17, 15) is 8.42 Å². The van der Waals surface area contributed by atoms with E-state index in [0.717, 1.165) is 0 Å². The second-order valence-electron chi connectivity index (χ2n) is 0.671. The molecule has 0 saturated heterocycles. The second-order valence-corrected chi connectivity index (χ2v) is 1.87. The SMILES string of the molecule is O=[N+]([O-])S(=O)(=O)O.[MgH2]. The van der Waals surface area contributed by atoms with E-state index in [1.807, 2.05) is 0 Å². The fourth-order valence-electron chi connectivity index (χ4n) is 0. The monoisotopic (exact) mass is 153 g/mol. The van der Waals surface area contributed by atoms with E-state index >= 15 is 0 Å². The normalized spacial score (nSPS) is 9.62. The van der Waals surface area contributed by atoms with Gasteiger partial charge in [-0.2, -0.15) is 0 Å². The highest BCUT2D eigenvalue weighted by atomic mass is 32.2. The van der Waals surface area contributed by atoms with E-state index in [-0.39, 0.29) is 23.1 Å². The minimum atomic E-state index is -5.02. The van der Waals surface area contributed by atoms with Crippen LogP contribution < -0.4 is 0 Å². The molecule has 6 nitrogen and oxygen atoms in total. The van der Waals surface area contributed by atoms with E-state index in [4.69, 9.17) is 14.7 Å². The predicted molar refractivity (Wildman–Crippen MR) is 27.1 cm³/mol. The van der Waals surface area contributed by atoms with Crippen LogP contribution in [-0.2, 0) is 10.3 Å². The van der Waals surface area contributed by atoms with Gasteiger partial charge in [-0.05, 0) is 0 Å². The maximum absolute atomic E-state index is 9.19. The third-order valence-electron chi connectivity index (χ3n) is 0.188. The zero-order chi connectivity index (χ0) is 6.08. The molecule has 0 rings (SSSR count). The van der Waals surface area contributed by atoms with Gasteiger partial charge in [0.25, 0.3) is 0 Å². The highest BCUT2D eigenvalue weighted by Crippen LogP contribution is 1.77. The van der Waals surface area contributed by atoms with E-state index in [0.29, 0.717) is 0 Å². The van der Waals surface area contributed by atoms with Gasteiger partial charge >= 0.3 is 33.4 Å². The summed E-state index contributed by atoms with van der Waals surface area (Å²) in [7, 11) is -5.02. The maximum atomic E-state index is 9.19. The van der Waals surface area contributed by atoms with Crippen LogP contribution in [0, 0.1) is 10.1 Å². The molecular weight excluding hydrogens is 150 g/mol. The minimum Gasteiger partial charge on any atom is -0.245 e. The van der Waals surface area contributed by atoms with Crippen LogP contribution in [0.25, 0.3) is 0 Å². The van der Waals surface area contributed by atoms with Crippen molar-refractivity contribution in [2.24, 2.45) is 0 Å². The van der Waals surface area contributed by atoms with E-state index < -0.39 is 14.6 Å². The van der Waals surface area contributed by atoms with E-state index in [1.165, 1.54) is 0 Å². The third-order valence-corrected chi connectivity index (χ3v) is 0.565. The summed E-state index contributed by atoms with van der Waals surface area (Å²) in [6, 6.07) is 0. The standard InChI is InChI=1S/Mg.HNO5S.2H/c;2-1(3)7(4,5)6;;/h;(H,4,5,6);;. The molecular formula is H3MgNO5S. The molecule has 0 aromatic carbocycles. The van der Waals surface area contributed by atoms with Crippen molar-refractivity contribution in [3.05, 3.63) is 10.1 Å². The molecule has 0 saturated carbocycles. The summed E-state index contributed by atoms with van der Waals surface area (Å²) in [6.07, 6.45) is 0. The topological polar surface area (TPSA) is 97.5 Å². The van der Waals surface area contributed by atoms with Gasteiger partial charge in [-0.1, -0.05) is 0 Å². The van der Waals surface area contributed by atoms with Gasteiger partial charge in [0.05, 0.1) is 0 Å². The smallest absolute Gasteiger partial charge is 0.245 e. The number of hydrogen-bond donors (Lipinski definition) is 1. The van der Waals surface area contributed by atoms with Gasteiger partial charge < -0.3 is 0 Å². The van der Waals surface area contributed by atoms with Crippen LogP contribution in [0.2, 0.25) is 0 Å². The molecule has 8 heteroatoms. The van der Waals surface area contributed by atoms with Gasteiger partial charge in [0.1, 0.15) is 0 Å². The van der Waals surface area contributed by atoms with Crippen molar-refractivity contribution in [2.75, 3.05) is 0 Å². The lowest BCUT2D eigenvalue weighted by atomic mass is 13.4. The Labute approximate surface area is 61.1 Å². The summed E-state index contributed by atoms with van der Waals surface area (Å²) in [6.45, 7) is 0. The summed E-state index contributed by atoms with van der Waals surface area (Å²) >= 11 is 0. The molecule has 0 heterocycles. The zero-order valence-electron chi connectivity index (χ0n) is 2.94. The van der Waals surface area contributed by atoms with Crippen LogP contribution in [0.4, 0.5) is 0 Å². The second kappa shape index (κ2) is 3.17. The predicted octanol–water partition coefficient (Wildman–Crippen LogP) is -1.85. The summed E-state index contributed by atoms with van der Waals surface area (Å²) in [5.41, 5.74) is 0. The lowest BCUT2D eigenvalue weighted by Crippen LogP contribution is -2.09. The van der Waals surface area contributed by atoms with Crippen molar-refractivity contribution in [3.63, 3.8) is 0 Å². The molecule has 0 unspecified atom stereocenters. The summed E-state index contributed by atoms with van der Waals surface area (Å²) in [5.74, 6) is 0. The first-order valence-corrected chi connectivity index (χ1v) is 2.46. The molecule has 0 amide bonds. The van der Waals surface area contributed by atoms with E-state index in [1.54, 1.807) is 0 Å².